The van der Waals surface area contributed by atoms with E-state index in [0.717, 1.165) is 39.1 Å². The molecule has 0 aromatic carbocycles. The van der Waals surface area contributed by atoms with Gasteiger partial charge in [-0.2, -0.15) is 0 Å². The molecule has 0 aliphatic carbocycles. The zero-order chi connectivity index (χ0) is 16.1. The predicted octanol–water partition coefficient (Wildman–Crippen LogP) is 0.214. The van der Waals surface area contributed by atoms with Crippen molar-refractivity contribution < 1.29 is 9.59 Å². The largest absolute Gasteiger partial charge is 0.353 e. The van der Waals surface area contributed by atoms with Crippen LogP contribution in [0.3, 0.4) is 0 Å². The summed E-state index contributed by atoms with van der Waals surface area (Å²) in [7, 11) is 0. The number of nitrogens with zero attached hydrogens (tertiary/aromatic N) is 3. The van der Waals surface area contributed by atoms with Crippen molar-refractivity contribution in [2.45, 2.75) is 13.0 Å². The standard InChI is InChI=1S/C16H24N4O2S/c21-15-12-20(7-4-17-15)16(22)13-19-6-2-5-18(8-9-19)11-14-3-1-10-23-14/h1,3,10H,2,4-9,11-13H2,(H,17,21). The summed E-state index contributed by atoms with van der Waals surface area (Å²) >= 11 is 1.80. The SMILES string of the molecule is O=C1CN(C(=O)CN2CCCN(Cc3cccs3)CC2)CCN1. The number of carbonyl (C=O) groups is 2. The molecule has 0 unspecified atom stereocenters. The van der Waals surface area contributed by atoms with Crippen LogP contribution in [0.5, 0.6) is 0 Å². The summed E-state index contributed by atoms with van der Waals surface area (Å²) in [5, 5.41) is 4.87. The molecule has 1 aromatic rings. The third-order valence-electron chi connectivity index (χ3n) is 4.39. The van der Waals surface area contributed by atoms with Gasteiger partial charge in [0.25, 0.3) is 0 Å². The molecule has 0 saturated carbocycles. The molecule has 0 radical (unpaired) electrons. The number of hydrogen-bond acceptors (Lipinski definition) is 5. The lowest BCUT2D eigenvalue weighted by atomic mass is 10.3. The summed E-state index contributed by atoms with van der Waals surface area (Å²) in [5.41, 5.74) is 0. The zero-order valence-corrected chi connectivity index (χ0v) is 14.2. The van der Waals surface area contributed by atoms with E-state index in [1.807, 2.05) is 0 Å². The third-order valence-corrected chi connectivity index (χ3v) is 5.25. The Hall–Kier alpha value is -1.44. The number of piperazine rings is 1. The minimum Gasteiger partial charge on any atom is -0.353 e. The van der Waals surface area contributed by atoms with Gasteiger partial charge >= 0.3 is 0 Å². The first kappa shape index (κ1) is 16.4. The molecular formula is C16H24N4O2S. The van der Waals surface area contributed by atoms with Crippen LogP contribution in [0, 0.1) is 0 Å². The Balaban J connectivity index is 1.46. The van der Waals surface area contributed by atoms with E-state index < -0.39 is 0 Å². The van der Waals surface area contributed by atoms with E-state index in [1.54, 1.807) is 16.2 Å². The van der Waals surface area contributed by atoms with Crippen LogP contribution in [0.25, 0.3) is 0 Å². The Morgan fingerprint density at radius 1 is 1.17 bits per heavy atom. The smallest absolute Gasteiger partial charge is 0.239 e. The van der Waals surface area contributed by atoms with E-state index in [-0.39, 0.29) is 18.4 Å². The molecule has 7 heteroatoms. The summed E-state index contributed by atoms with van der Waals surface area (Å²) in [5.74, 6) is 0.0224. The fourth-order valence-corrected chi connectivity index (χ4v) is 3.85. The van der Waals surface area contributed by atoms with E-state index in [9.17, 15) is 9.59 Å². The van der Waals surface area contributed by atoms with Crippen LogP contribution in [0.1, 0.15) is 11.3 Å². The summed E-state index contributed by atoms with van der Waals surface area (Å²) in [6, 6.07) is 4.27. The predicted molar refractivity (Wildman–Crippen MR) is 90.2 cm³/mol. The molecule has 2 aliphatic rings. The average molecular weight is 336 g/mol. The van der Waals surface area contributed by atoms with Gasteiger partial charge in [-0.15, -0.1) is 11.3 Å². The van der Waals surface area contributed by atoms with E-state index in [1.165, 1.54) is 4.88 Å². The summed E-state index contributed by atoms with van der Waals surface area (Å²) in [6.07, 6.45) is 1.08. The van der Waals surface area contributed by atoms with Crippen molar-refractivity contribution in [3.63, 3.8) is 0 Å². The maximum Gasteiger partial charge on any atom is 0.239 e. The van der Waals surface area contributed by atoms with Crippen molar-refractivity contribution in [2.24, 2.45) is 0 Å². The number of hydrogen-bond donors (Lipinski definition) is 1. The van der Waals surface area contributed by atoms with Gasteiger partial charge in [-0.05, 0) is 31.0 Å². The van der Waals surface area contributed by atoms with Crippen LogP contribution < -0.4 is 5.32 Å². The molecule has 1 N–H and O–H groups in total. The third kappa shape index (κ3) is 4.76. The van der Waals surface area contributed by atoms with E-state index in [0.29, 0.717) is 19.6 Å². The maximum atomic E-state index is 12.4. The second kappa shape index (κ2) is 7.90. The number of rotatable bonds is 4. The van der Waals surface area contributed by atoms with Gasteiger partial charge in [-0.1, -0.05) is 6.07 Å². The number of nitrogens with one attached hydrogen (secondary N) is 1. The van der Waals surface area contributed by atoms with Crippen molar-refractivity contribution >= 4 is 23.2 Å². The van der Waals surface area contributed by atoms with Crippen LogP contribution in [0.4, 0.5) is 0 Å². The van der Waals surface area contributed by atoms with Crippen molar-refractivity contribution in [3.8, 4) is 0 Å². The first-order valence-corrected chi connectivity index (χ1v) is 9.10. The van der Waals surface area contributed by atoms with Crippen molar-refractivity contribution in [1.82, 2.24) is 20.0 Å². The molecule has 0 spiro atoms. The topological polar surface area (TPSA) is 55.9 Å². The van der Waals surface area contributed by atoms with Crippen molar-refractivity contribution in [3.05, 3.63) is 22.4 Å². The summed E-state index contributed by atoms with van der Waals surface area (Å²) in [6.45, 7) is 6.77. The highest BCUT2D eigenvalue weighted by Gasteiger charge is 2.24. The normalized spacial score (nSPS) is 21.0. The van der Waals surface area contributed by atoms with Crippen LogP contribution in [-0.4, -0.2) is 78.9 Å². The van der Waals surface area contributed by atoms with Gasteiger partial charge in [0, 0.05) is 37.6 Å². The van der Waals surface area contributed by atoms with Crippen LogP contribution in [0.15, 0.2) is 17.5 Å². The molecule has 0 bridgehead atoms. The molecule has 126 valence electrons. The Labute approximate surface area is 141 Å². The Morgan fingerprint density at radius 3 is 2.78 bits per heavy atom. The minimum atomic E-state index is -0.0532. The van der Waals surface area contributed by atoms with Gasteiger partial charge in [0.15, 0.2) is 0 Å². The molecular weight excluding hydrogens is 312 g/mol. The molecule has 3 heterocycles. The molecule has 23 heavy (non-hydrogen) atoms. The molecule has 2 fully saturated rings. The molecule has 2 saturated heterocycles. The van der Waals surface area contributed by atoms with E-state index in [2.05, 4.69) is 32.6 Å². The highest BCUT2D eigenvalue weighted by molar-refractivity contribution is 7.09. The molecule has 2 amide bonds. The zero-order valence-electron chi connectivity index (χ0n) is 13.4. The monoisotopic (exact) mass is 336 g/mol. The van der Waals surface area contributed by atoms with Crippen LogP contribution >= 0.6 is 11.3 Å². The van der Waals surface area contributed by atoms with Gasteiger partial charge in [0.05, 0.1) is 13.1 Å². The Kier molecular flexibility index (Phi) is 5.64. The molecule has 0 atom stereocenters. The highest BCUT2D eigenvalue weighted by Crippen LogP contribution is 2.13. The van der Waals surface area contributed by atoms with E-state index in [4.69, 9.17) is 0 Å². The number of carbonyl (C=O) groups excluding carboxylic acids is 2. The lowest BCUT2D eigenvalue weighted by Crippen LogP contribution is -2.52. The summed E-state index contributed by atoms with van der Waals surface area (Å²) in [4.78, 5) is 31.5. The second-order valence-corrected chi connectivity index (χ2v) is 7.18. The number of thiophene rings is 1. The first-order chi connectivity index (χ1) is 11.2. The molecule has 6 nitrogen and oxygen atoms in total. The Bertz CT molecular complexity index is 534. The second-order valence-electron chi connectivity index (χ2n) is 6.15. The molecule has 2 aliphatic heterocycles. The van der Waals surface area contributed by atoms with Gasteiger partial charge < -0.3 is 10.2 Å². The Morgan fingerprint density at radius 2 is 2.00 bits per heavy atom. The fourth-order valence-electron chi connectivity index (χ4n) is 3.11. The number of amides is 2. The van der Waals surface area contributed by atoms with Crippen LogP contribution in [-0.2, 0) is 16.1 Å². The highest BCUT2D eigenvalue weighted by atomic mass is 32.1. The fraction of sp³-hybridized carbons (Fsp3) is 0.625. The van der Waals surface area contributed by atoms with Crippen molar-refractivity contribution in [2.75, 3.05) is 52.4 Å². The lowest BCUT2D eigenvalue weighted by molar-refractivity contribution is -0.139. The van der Waals surface area contributed by atoms with Gasteiger partial charge in [-0.25, -0.2) is 0 Å². The first-order valence-electron chi connectivity index (χ1n) is 8.22. The molecule has 3 rings (SSSR count). The lowest BCUT2D eigenvalue weighted by Gasteiger charge is -2.29. The molecule has 1 aromatic heterocycles. The van der Waals surface area contributed by atoms with Gasteiger partial charge in [-0.3, -0.25) is 19.4 Å². The van der Waals surface area contributed by atoms with Gasteiger partial charge in [0.1, 0.15) is 0 Å². The van der Waals surface area contributed by atoms with Gasteiger partial charge in [0.2, 0.25) is 11.8 Å². The minimum absolute atomic E-state index is 0.0532. The average Bonchev–Trinajstić information content (AvgIpc) is 2.95. The van der Waals surface area contributed by atoms with Crippen molar-refractivity contribution in [1.29, 1.82) is 0 Å². The maximum absolute atomic E-state index is 12.4. The summed E-state index contributed by atoms with van der Waals surface area (Å²) < 4.78 is 0. The van der Waals surface area contributed by atoms with E-state index >= 15 is 0 Å². The quantitative estimate of drug-likeness (QED) is 0.854. The van der Waals surface area contributed by atoms with Crippen LogP contribution in [0.2, 0.25) is 0 Å².